The molecule has 2 atom stereocenters. The van der Waals surface area contributed by atoms with Crippen LogP contribution in [0, 0.1) is 0 Å². The average Bonchev–Trinajstić information content (AvgIpc) is 2.14. The summed E-state index contributed by atoms with van der Waals surface area (Å²) in [7, 11) is 2.59. The molecule has 0 aliphatic heterocycles. The highest BCUT2D eigenvalue weighted by Gasteiger charge is 2.26. The van der Waals surface area contributed by atoms with Gasteiger partial charge in [-0.1, -0.05) is 38.7 Å². The van der Waals surface area contributed by atoms with Crippen LogP contribution >= 0.6 is 9.24 Å². The fraction of sp³-hybridized carbons (Fsp3) is 0.417. The highest BCUT2D eigenvalue weighted by molar-refractivity contribution is 7.21. The molecule has 2 nitrogen and oxygen atoms in total. The number of rotatable bonds is 6. The molecule has 0 saturated carbocycles. The Bertz CT molecular complexity index is 279. The first-order chi connectivity index (χ1) is 6.94. The van der Waals surface area contributed by atoms with Crippen LogP contribution in [-0.4, -0.2) is 11.1 Å². The van der Waals surface area contributed by atoms with Crippen molar-refractivity contribution in [3.05, 3.63) is 37.1 Å². The Hall–Kier alpha value is -0.880. The summed E-state index contributed by atoms with van der Waals surface area (Å²) in [6, 6.07) is 0. The number of carbonyl (C=O) groups excluding carboxylic acids is 1. The van der Waals surface area contributed by atoms with E-state index in [4.69, 9.17) is 0 Å². The van der Waals surface area contributed by atoms with Crippen molar-refractivity contribution in [2.45, 2.75) is 31.8 Å². The largest absolute Gasteiger partial charge is 0.326 e. The summed E-state index contributed by atoms with van der Waals surface area (Å²) in [5, 5.41) is 2.33. The molecule has 0 fully saturated rings. The van der Waals surface area contributed by atoms with E-state index in [9.17, 15) is 4.79 Å². The van der Waals surface area contributed by atoms with E-state index in [2.05, 4.69) is 34.6 Å². The zero-order chi connectivity index (χ0) is 11.9. The molecule has 0 aliphatic carbocycles. The predicted octanol–water partition coefficient (Wildman–Crippen LogP) is 2.79. The second kappa shape index (κ2) is 6.58. The minimum absolute atomic E-state index is 0.0203. The number of allylic oxidation sites excluding steroid dienone is 3. The molecule has 2 unspecified atom stereocenters. The maximum atomic E-state index is 11.8. The van der Waals surface area contributed by atoms with E-state index in [0.29, 0.717) is 5.70 Å². The topological polar surface area (TPSA) is 29.1 Å². The third-order valence-corrected chi connectivity index (χ3v) is 2.55. The number of hydrogen-bond acceptors (Lipinski definition) is 1. The summed E-state index contributed by atoms with van der Waals surface area (Å²) < 4.78 is 0. The van der Waals surface area contributed by atoms with Crippen molar-refractivity contribution < 1.29 is 4.79 Å². The van der Waals surface area contributed by atoms with Gasteiger partial charge in [0, 0.05) is 5.70 Å². The van der Waals surface area contributed by atoms with Crippen molar-refractivity contribution in [2.24, 2.45) is 0 Å². The Morgan fingerprint density at radius 1 is 1.60 bits per heavy atom. The van der Waals surface area contributed by atoms with Crippen LogP contribution in [0.15, 0.2) is 37.1 Å². The van der Waals surface area contributed by atoms with Gasteiger partial charge in [0.2, 0.25) is 5.91 Å². The lowest BCUT2D eigenvalue weighted by Gasteiger charge is -2.22. The molecule has 0 heterocycles. The van der Waals surface area contributed by atoms with E-state index in [-0.39, 0.29) is 5.91 Å². The Balaban J connectivity index is 4.29. The van der Waals surface area contributed by atoms with Crippen LogP contribution in [0.4, 0.5) is 0 Å². The Morgan fingerprint density at radius 2 is 2.20 bits per heavy atom. The van der Waals surface area contributed by atoms with Crippen LogP contribution in [0.3, 0.4) is 0 Å². The van der Waals surface area contributed by atoms with Gasteiger partial charge in [-0.05, 0) is 19.4 Å². The average molecular weight is 225 g/mol. The Labute approximate surface area is 94.7 Å². The van der Waals surface area contributed by atoms with Gasteiger partial charge in [0.05, 0.1) is 5.16 Å². The molecule has 0 aromatic carbocycles. The maximum Gasteiger partial charge on any atom is 0.234 e. The molecule has 3 heteroatoms. The molecular formula is C12H20NOP. The van der Waals surface area contributed by atoms with E-state index >= 15 is 0 Å². The lowest BCUT2D eigenvalue weighted by atomic mass is 10.0. The van der Waals surface area contributed by atoms with Gasteiger partial charge < -0.3 is 5.32 Å². The fourth-order valence-corrected chi connectivity index (χ4v) is 1.51. The summed E-state index contributed by atoms with van der Waals surface area (Å²) in [6.07, 6.45) is 6.91. The van der Waals surface area contributed by atoms with Crippen LogP contribution in [0.1, 0.15) is 26.7 Å². The summed E-state index contributed by atoms with van der Waals surface area (Å²) in [6.45, 7) is 11.2. The van der Waals surface area contributed by atoms with Gasteiger partial charge in [0.1, 0.15) is 0 Å². The smallest absolute Gasteiger partial charge is 0.234 e. The first-order valence-corrected chi connectivity index (χ1v) is 5.60. The zero-order valence-electron chi connectivity index (χ0n) is 9.55. The van der Waals surface area contributed by atoms with Gasteiger partial charge >= 0.3 is 0 Å². The summed E-state index contributed by atoms with van der Waals surface area (Å²) in [5.41, 5.74) is 0.588. The Morgan fingerprint density at radius 3 is 2.67 bits per heavy atom. The number of hydrogen-bond donors (Lipinski definition) is 1. The van der Waals surface area contributed by atoms with Crippen molar-refractivity contribution in [1.82, 2.24) is 5.32 Å². The third kappa shape index (κ3) is 5.54. The van der Waals surface area contributed by atoms with Gasteiger partial charge in [-0.2, -0.15) is 0 Å². The molecule has 1 amide bonds. The minimum atomic E-state index is -0.417. The molecule has 0 aliphatic rings. The molecule has 0 saturated heterocycles. The molecule has 0 rings (SSSR count). The van der Waals surface area contributed by atoms with Gasteiger partial charge in [0.15, 0.2) is 0 Å². The van der Waals surface area contributed by atoms with Crippen LogP contribution in [0.25, 0.3) is 0 Å². The second-order valence-electron chi connectivity index (χ2n) is 3.74. The summed E-state index contributed by atoms with van der Waals surface area (Å²) in [5.74, 6) is -0.0203. The van der Waals surface area contributed by atoms with Crippen LogP contribution in [0.2, 0.25) is 0 Å². The molecule has 0 aromatic rings. The van der Waals surface area contributed by atoms with Crippen molar-refractivity contribution in [2.75, 3.05) is 0 Å². The number of nitrogens with one attached hydrogen (secondary N) is 1. The van der Waals surface area contributed by atoms with Crippen LogP contribution in [-0.2, 0) is 4.79 Å². The SMILES string of the molecule is C=C/C=C\C(=C)NC(=O)C(C)(P)CCC. The van der Waals surface area contributed by atoms with Gasteiger partial charge in [-0.25, -0.2) is 0 Å². The standard InChI is InChI=1S/C12H20NOP/c1-5-7-8-10(3)13-11(14)12(4,15)9-6-2/h5,7-8H,1,3,6,9,15H2,2,4H3,(H,13,14)/b8-7-. The lowest BCUT2D eigenvalue weighted by molar-refractivity contribution is -0.122. The third-order valence-electron chi connectivity index (χ3n) is 2.00. The molecule has 15 heavy (non-hydrogen) atoms. The highest BCUT2D eigenvalue weighted by Crippen LogP contribution is 2.24. The van der Waals surface area contributed by atoms with Crippen molar-refractivity contribution in [1.29, 1.82) is 0 Å². The quantitative estimate of drug-likeness (QED) is 0.546. The van der Waals surface area contributed by atoms with Crippen molar-refractivity contribution in [3.63, 3.8) is 0 Å². The van der Waals surface area contributed by atoms with E-state index in [1.54, 1.807) is 18.2 Å². The van der Waals surface area contributed by atoms with Crippen molar-refractivity contribution in [3.8, 4) is 0 Å². The summed E-state index contributed by atoms with van der Waals surface area (Å²) in [4.78, 5) is 11.8. The van der Waals surface area contributed by atoms with E-state index < -0.39 is 5.16 Å². The number of carbonyl (C=O) groups is 1. The molecule has 0 bridgehead atoms. The monoisotopic (exact) mass is 225 g/mol. The molecule has 1 N–H and O–H groups in total. The highest BCUT2D eigenvalue weighted by atomic mass is 31.0. The minimum Gasteiger partial charge on any atom is -0.326 e. The first kappa shape index (κ1) is 14.1. The van der Waals surface area contributed by atoms with E-state index in [0.717, 1.165) is 12.8 Å². The van der Waals surface area contributed by atoms with Gasteiger partial charge in [-0.3, -0.25) is 4.79 Å². The summed E-state index contributed by atoms with van der Waals surface area (Å²) >= 11 is 0. The first-order valence-electron chi connectivity index (χ1n) is 5.02. The van der Waals surface area contributed by atoms with E-state index in [1.807, 2.05) is 6.92 Å². The second-order valence-corrected chi connectivity index (χ2v) is 5.02. The molecule has 84 valence electrons. The predicted molar refractivity (Wildman–Crippen MR) is 69.6 cm³/mol. The number of amides is 1. The molecular weight excluding hydrogens is 205 g/mol. The zero-order valence-corrected chi connectivity index (χ0v) is 10.7. The normalized spacial score (nSPS) is 14.6. The van der Waals surface area contributed by atoms with Crippen LogP contribution in [0.5, 0.6) is 0 Å². The maximum absolute atomic E-state index is 11.8. The Kier molecular flexibility index (Phi) is 6.19. The fourth-order valence-electron chi connectivity index (χ4n) is 1.15. The van der Waals surface area contributed by atoms with E-state index in [1.165, 1.54) is 0 Å². The molecule has 0 aromatic heterocycles. The van der Waals surface area contributed by atoms with Crippen molar-refractivity contribution >= 4 is 15.1 Å². The molecule has 0 spiro atoms. The van der Waals surface area contributed by atoms with Gasteiger partial charge in [-0.15, -0.1) is 9.24 Å². The van der Waals surface area contributed by atoms with Crippen LogP contribution < -0.4 is 5.32 Å². The van der Waals surface area contributed by atoms with Gasteiger partial charge in [0.25, 0.3) is 0 Å². The molecule has 0 radical (unpaired) electrons. The lowest BCUT2D eigenvalue weighted by Crippen LogP contribution is -2.38.